The number of hydrogen-bond acceptors (Lipinski definition) is 13. The highest BCUT2D eigenvalue weighted by atomic mass is 31.2. The van der Waals surface area contributed by atoms with E-state index in [1.807, 2.05) is 12.2 Å². The van der Waals surface area contributed by atoms with Crippen LogP contribution in [0.5, 0.6) is 0 Å². The molecular weight excluding hydrogens is 795 g/mol. The Bertz CT molecular complexity index is 1340. The van der Waals surface area contributed by atoms with Gasteiger partial charge in [0, 0.05) is 12.8 Å². The van der Waals surface area contributed by atoms with Gasteiger partial charge in [-0.2, -0.15) is 0 Å². The predicted octanol–water partition coefficient (Wildman–Crippen LogP) is 6.91. The molecule has 1 rings (SSSR count). The first-order valence-electron chi connectivity index (χ1n) is 21.8. The van der Waals surface area contributed by atoms with Gasteiger partial charge in [0.25, 0.3) is 0 Å². The quantitative estimate of drug-likeness (QED) is 0.0115. The predicted molar refractivity (Wildman–Crippen MR) is 231 cm³/mol. The van der Waals surface area contributed by atoms with Crippen LogP contribution >= 0.6 is 7.82 Å². The number of carbonyl (C=O) groups excluding carboxylic acids is 2. The normalized spacial score (nSPS) is 23.4. The van der Waals surface area contributed by atoms with Gasteiger partial charge in [0.1, 0.15) is 43.2 Å². The Morgan fingerprint density at radius 1 is 0.617 bits per heavy atom. The summed E-state index contributed by atoms with van der Waals surface area (Å²) in [4.78, 5) is 35.6. The summed E-state index contributed by atoms with van der Waals surface area (Å²) in [6.45, 7) is 2.97. The van der Waals surface area contributed by atoms with E-state index in [1.165, 1.54) is 25.7 Å². The van der Waals surface area contributed by atoms with Crippen molar-refractivity contribution in [3.63, 3.8) is 0 Å². The van der Waals surface area contributed by atoms with Crippen molar-refractivity contribution in [3.8, 4) is 0 Å². The molecule has 4 unspecified atom stereocenters. The van der Waals surface area contributed by atoms with Gasteiger partial charge in [0.2, 0.25) is 0 Å². The van der Waals surface area contributed by atoms with Crippen molar-refractivity contribution in [3.05, 3.63) is 72.9 Å². The maximum Gasteiger partial charge on any atom is 0.472 e. The smallest absolute Gasteiger partial charge is 0.462 e. The van der Waals surface area contributed by atoms with E-state index >= 15 is 0 Å². The lowest BCUT2D eigenvalue weighted by molar-refractivity contribution is -0.220. The van der Waals surface area contributed by atoms with Crippen LogP contribution in [0.1, 0.15) is 136 Å². The van der Waals surface area contributed by atoms with Crippen LogP contribution < -0.4 is 0 Å². The first-order chi connectivity index (χ1) is 28.8. The summed E-state index contributed by atoms with van der Waals surface area (Å²) in [5.74, 6) is -1.32. The molecule has 1 fully saturated rings. The van der Waals surface area contributed by atoms with Gasteiger partial charge in [0.05, 0.1) is 12.7 Å². The van der Waals surface area contributed by atoms with E-state index in [4.69, 9.17) is 18.5 Å². The summed E-state index contributed by atoms with van der Waals surface area (Å²) in [7, 11) is -5.18. The Kier molecular flexibility index (Phi) is 32.0. The largest absolute Gasteiger partial charge is 0.472 e. The number of unbranched alkanes of at least 4 members (excludes halogenated alkanes) is 9. The molecule has 0 saturated heterocycles. The fraction of sp³-hybridized carbons (Fsp3) is 0.689. The van der Waals surface area contributed by atoms with Gasteiger partial charge in [-0.15, -0.1) is 0 Å². The zero-order chi connectivity index (χ0) is 44.4. The first kappa shape index (κ1) is 55.3. The average molecular weight is 871 g/mol. The highest BCUT2D eigenvalue weighted by Crippen LogP contribution is 2.47. The van der Waals surface area contributed by atoms with Crippen LogP contribution in [0.15, 0.2) is 72.9 Å². The first-order valence-corrected chi connectivity index (χ1v) is 23.3. The van der Waals surface area contributed by atoms with Crippen molar-refractivity contribution in [2.75, 3.05) is 13.2 Å². The van der Waals surface area contributed by atoms with Crippen LogP contribution in [0, 0.1) is 0 Å². The maximum atomic E-state index is 12.8. The Balaban J connectivity index is 2.60. The highest BCUT2D eigenvalue weighted by molar-refractivity contribution is 7.47. The van der Waals surface area contributed by atoms with Gasteiger partial charge < -0.3 is 45.0 Å². The standard InChI is InChI=1S/C45H75O14P/c1-3-5-7-9-11-13-15-17-19-21-23-25-27-30-36(46)31-29-33-39(48)58-37(35-57-60(54,55)59-45-43(52)41(50)40(49)42(51)44(45)53)34-56-38(47)32-28-26-24-22-20-18-16-14-12-10-8-6-4-2/h5,7,11,13-14,16-17,19,23,25,27,30,36-37,40-46,49-53H,3-4,6,8-10,12,15,18,20-22,24,26,28-29,31-35H2,1-2H3,(H,54,55)/b7-5-,13-11-,16-14-,19-17-,25-23-,30-27+/t36?,37-,40?,41-,42+,43-,44-,45?/m1/s1. The molecule has 0 aromatic rings. The van der Waals surface area contributed by atoms with E-state index in [0.29, 0.717) is 6.42 Å². The lowest BCUT2D eigenvalue weighted by Gasteiger charge is -2.41. The van der Waals surface area contributed by atoms with E-state index in [-0.39, 0.29) is 25.7 Å². The molecule has 9 atom stereocenters. The second kappa shape index (κ2) is 34.8. The molecule has 0 heterocycles. The topological polar surface area (TPSA) is 230 Å². The summed E-state index contributed by atoms with van der Waals surface area (Å²) < 4.78 is 33.3. The van der Waals surface area contributed by atoms with Crippen LogP contribution in [-0.4, -0.2) is 110 Å². The summed E-state index contributed by atoms with van der Waals surface area (Å²) in [5.41, 5.74) is 0. The molecule has 0 amide bonds. The van der Waals surface area contributed by atoms with Gasteiger partial charge in [-0.05, 0) is 70.6 Å². The van der Waals surface area contributed by atoms with E-state index in [1.54, 1.807) is 12.2 Å². The Morgan fingerprint density at radius 3 is 1.77 bits per heavy atom. The van der Waals surface area contributed by atoms with Crippen molar-refractivity contribution in [1.29, 1.82) is 0 Å². The number of aliphatic hydroxyl groups excluding tert-OH is 6. The van der Waals surface area contributed by atoms with Crippen molar-refractivity contribution in [2.45, 2.75) is 185 Å². The number of rotatable bonds is 34. The van der Waals surface area contributed by atoms with Gasteiger partial charge >= 0.3 is 19.8 Å². The summed E-state index contributed by atoms with van der Waals surface area (Å²) >= 11 is 0. The minimum atomic E-state index is -5.18. The SMILES string of the molecule is CC/C=C\C/C=C\C/C=C\C/C=C\C=C\C(O)CCCC(=O)O[C@H](COC(=O)CCCCCCC/C=C\CCCCCC)COP(=O)(O)OC1[C@H](O)[C@H](O)C(O)[C@H](O)[C@H]1O. The number of carbonyl (C=O) groups is 2. The molecule has 15 heteroatoms. The molecule has 0 aromatic heterocycles. The minimum absolute atomic E-state index is 0.112. The number of hydrogen-bond donors (Lipinski definition) is 7. The zero-order valence-electron chi connectivity index (χ0n) is 35.8. The third-order valence-electron chi connectivity index (χ3n) is 9.64. The summed E-state index contributed by atoms with van der Waals surface area (Å²) in [6.07, 6.45) is 25.5. The maximum absolute atomic E-state index is 12.8. The van der Waals surface area contributed by atoms with Gasteiger partial charge in [0.15, 0.2) is 6.10 Å². The summed E-state index contributed by atoms with van der Waals surface area (Å²) in [6, 6.07) is 0. The third-order valence-corrected chi connectivity index (χ3v) is 10.6. The lowest BCUT2D eigenvalue weighted by Crippen LogP contribution is -2.64. The number of ether oxygens (including phenoxy) is 2. The van der Waals surface area contributed by atoms with E-state index in [2.05, 4.69) is 62.5 Å². The Morgan fingerprint density at radius 2 is 1.15 bits per heavy atom. The second-order valence-electron chi connectivity index (χ2n) is 15.0. The number of aliphatic hydroxyl groups is 6. The zero-order valence-corrected chi connectivity index (χ0v) is 36.7. The molecule has 14 nitrogen and oxygen atoms in total. The van der Waals surface area contributed by atoms with E-state index < -0.39 is 81.8 Å². The molecule has 1 aliphatic rings. The van der Waals surface area contributed by atoms with Crippen molar-refractivity contribution >= 4 is 19.8 Å². The molecule has 0 radical (unpaired) electrons. The van der Waals surface area contributed by atoms with Crippen molar-refractivity contribution in [2.24, 2.45) is 0 Å². The van der Waals surface area contributed by atoms with Crippen LogP contribution in [0.3, 0.4) is 0 Å². The molecule has 60 heavy (non-hydrogen) atoms. The average Bonchev–Trinajstić information content (AvgIpc) is 3.22. The lowest BCUT2D eigenvalue weighted by atomic mass is 9.85. The number of allylic oxidation sites excluding steroid dienone is 11. The molecule has 0 aliphatic heterocycles. The fourth-order valence-corrected chi connectivity index (χ4v) is 7.05. The molecule has 0 bridgehead atoms. The molecule has 7 N–H and O–H groups in total. The minimum Gasteiger partial charge on any atom is -0.462 e. The van der Waals surface area contributed by atoms with Gasteiger partial charge in [-0.3, -0.25) is 18.6 Å². The van der Waals surface area contributed by atoms with Gasteiger partial charge in [-0.25, -0.2) is 4.57 Å². The molecule has 344 valence electrons. The molecule has 0 aromatic carbocycles. The van der Waals surface area contributed by atoms with E-state index in [9.17, 15) is 49.7 Å². The molecule has 1 saturated carbocycles. The number of esters is 2. The van der Waals surface area contributed by atoms with Crippen LogP contribution in [-0.2, 0) is 32.7 Å². The number of phosphoric ester groups is 1. The highest BCUT2D eigenvalue weighted by Gasteiger charge is 2.51. The molecule has 1 aliphatic carbocycles. The Labute approximate surface area is 358 Å². The summed E-state index contributed by atoms with van der Waals surface area (Å²) in [5, 5.41) is 60.4. The van der Waals surface area contributed by atoms with Crippen LogP contribution in [0.2, 0.25) is 0 Å². The van der Waals surface area contributed by atoms with Crippen molar-refractivity contribution in [1.82, 2.24) is 0 Å². The van der Waals surface area contributed by atoms with Crippen molar-refractivity contribution < 1.29 is 68.2 Å². The molecule has 0 spiro atoms. The second-order valence-corrected chi connectivity index (χ2v) is 16.4. The monoisotopic (exact) mass is 870 g/mol. The third kappa shape index (κ3) is 27.2. The number of phosphoric acid groups is 1. The van der Waals surface area contributed by atoms with Gasteiger partial charge in [-0.1, -0.05) is 125 Å². The fourth-order valence-electron chi connectivity index (χ4n) is 6.07. The Hall–Kier alpha value is -2.75. The van der Waals surface area contributed by atoms with Crippen LogP contribution in [0.25, 0.3) is 0 Å². The molecular formula is C45H75O14P. The van der Waals surface area contributed by atoms with Crippen LogP contribution in [0.4, 0.5) is 0 Å². The van der Waals surface area contributed by atoms with E-state index in [0.717, 1.165) is 64.2 Å².